The van der Waals surface area contributed by atoms with Gasteiger partial charge in [-0.15, -0.1) is 10.2 Å². The Balaban J connectivity index is 1.40. The van der Waals surface area contributed by atoms with E-state index >= 15 is 0 Å². The number of nitrogens with zero attached hydrogens (tertiary/aromatic N) is 4. The van der Waals surface area contributed by atoms with Gasteiger partial charge < -0.3 is 10.2 Å². The van der Waals surface area contributed by atoms with E-state index in [0.717, 1.165) is 35.3 Å². The Kier molecular flexibility index (Phi) is 7.99. The van der Waals surface area contributed by atoms with Crippen LogP contribution < -0.4 is 10.2 Å². The smallest absolute Gasteiger partial charge is 0.256 e. The van der Waals surface area contributed by atoms with Crippen molar-refractivity contribution in [1.82, 2.24) is 20.1 Å². The van der Waals surface area contributed by atoms with Gasteiger partial charge in [-0.25, -0.2) is 4.39 Å². The van der Waals surface area contributed by atoms with Crippen LogP contribution in [0.1, 0.15) is 39.3 Å². The second-order valence-corrected chi connectivity index (χ2v) is 10.7. The number of benzene rings is 3. The number of fused-ring (bicyclic) bond motifs is 1. The largest absolute Gasteiger partial charge is 0.345 e. The van der Waals surface area contributed by atoms with Crippen LogP contribution in [0.25, 0.3) is 5.69 Å². The first-order valence-electron chi connectivity index (χ1n) is 12.6. The number of nitrogens with one attached hydrogen (secondary N) is 1. The van der Waals surface area contributed by atoms with Gasteiger partial charge in [0.1, 0.15) is 5.82 Å². The number of aryl methyl sites for hydroxylation is 3. The monoisotopic (exact) mass is 563 g/mol. The maximum Gasteiger partial charge on any atom is 0.256 e. The Morgan fingerprint density at radius 2 is 1.87 bits per heavy atom. The fourth-order valence-corrected chi connectivity index (χ4v) is 5.76. The van der Waals surface area contributed by atoms with Gasteiger partial charge in [-0.05, 0) is 67.6 Å². The fourth-order valence-electron chi connectivity index (χ4n) is 4.67. The van der Waals surface area contributed by atoms with Gasteiger partial charge in [-0.2, -0.15) is 0 Å². The number of carbonyl (C=O) groups is 2. The number of hydrogen-bond acceptors (Lipinski definition) is 5. The molecule has 1 aliphatic heterocycles. The third-order valence-electron chi connectivity index (χ3n) is 6.64. The topological polar surface area (TPSA) is 80.1 Å². The third kappa shape index (κ3) is 5.69. The van der Waals surface area contributed by atoms with Crippen molar-refractivity contribution in [2.75, 3.05) is 17.2 Å². The van der Waals surface area contributed by atoms with E-state index in [9.17, 15) is 14.0 Å². The summed E-state index contributed by atoms with van der Waals surface area (Å²) in [5.74, 6) is -0.740. The van der Waals surface area contributed by atoms with Crippen LogP contribution in [0.15, 0.2) is 65.8 Å². The van der Waals surface area contributed by atoms with Crippen molar-refractivity contribution < 1.29 is 14.0 Å². The van der Waals surface area contributed by atoms with E-state index in [2.05, 4.69) is 21.6 Å². The zero-order chi connectivity index (χ0) is 27.5. The van der Waals surface area contributed by atoms with E-state index in [4.69, 9.17) is 11.6 Å². The quantitative estimate of drug-likeness (QED) is 0.293. The summed E-state index contributed by atoms with van der Waals surface area (Å²) >= 11 is 7.36. The number of amides is 2. The minimum absolute atomic E-state index is 0.00767. The second-order valence-electron chi connectivity index (χ2n) is 9.37. The molecular formula is C29H27ClFN5O2S. The van der Waals surface area contributed by atoms with Crippen molar-refractivity contribution in [2.24, 2.45) is 0 Å². The molecule has 3 aromatic carbocycles. The summed E-state index contributed by atoms with van der Waals surface area (Å²) < 4.78 is 16.1. The lowest BCUT2D eigenvalue weighted by molar-refractivity contribution is -0.116. The summed E-state index contributed by atoms with van der Waals surface area (Å²) in [7, 11) is 0. The standard InChI is InChI=1S/C29H27ClFN5O2S/c1-18-12-13-19(2)24(15-18)36-25(16-32-28(38)27-21(30)9-5-10-22(27)31)33-34-29(36)39-17-26(37)35-14-6-8-20-7-3-4-11-23(20)35/h3-5,7,9-13,15H,6,8,14,16-17H2,1-2H3,(H,32,38). The molecular weight excluding hydrogens is 537 g/mol. The number of anilines is 1. The Morgan fingerprint density at radius 3 is 2.69 bits per heavy atom. The van der Waals surface area contributed by atoms with Crippen molar-refractivity contribution in [3.05, 3.63) is 99.6 Å². The van der Waals surface area contributed by atoms with E-state index in [1.54, 1.807) is 0 Å². The lowest BCUT2D eigenvalue weighted by Gasteiger charge is -2.29. The molecule has 39 heavy (non-hydrogen) atoms. The van der Waals surface area contributed by atoms with Crippen molar-refractivity contribution in [1.29, 1.82) is 0 Å². The first kappa shape index (κ1) is 26.9. The van der Waals surface area contributed by atoms with E-state index in [1.807, 2.05) is 59.7 Å². The molecule has 200 valence electrons. The van der Waals surface area contributed by atoms with Crippen LogP contribution in [0.4, 0.5) is 10.1 Å². The van der Waals surface area contributed by atoms with Gasteiger partial charge in [0, 0.05) is 12.2 Å². The molecule has 1 N–H and O–H groups in total. The minimum Gasteiger partial charge on any atom is -0.345 e. The molecule has 0 bridgehead atoms. The normalized spacial score (nSPS) is 12.8. The number of carbonyl (C=O) groups excluding carboxylic acids is 2. The molecule has 0 radical (unpaired) electrons. The van der Waals surface area contributed by atoms with Crippen molar-refractivity contribution in [3.63, 3.8) is 0 Å². The second kappa shape index (κ2) is 11.6. The molecule has 0 atom stereocenters. The minimum atomic E-state index is -0.704. The molecule has 2 amide bonds. The zero-order valence-electron chi connectivity index (χ0n) is 21.6. The molecule has 0 saturated heterocycles. The molecule has 2 heterocycles. The first-order chi connectivity index (χ1) is 18.8. The molecule has 10 heteroatoms. The summed E-state index contributed by atoms with van der Waals surface area (Å²) in [6.45, 7) is 4.62. The number of hydrogen-bond donors (Lipinski definition) is 1. The van der Waals surface area contributed by atoms with Crippen LogP contribution in [-0.2, 0) is 17.8 Å². The lowest BCUT2D eigenvalue weighted by atomic mass is 10.0. The summed E-state index contributed by atoms with van der Waals surface area (Å²) in [4.78, 5) is 27.9. The molecule has 1 aromatic heterocycles. The van der Waals surface area contributed by atoms with Crippen LogP contribution >= 0.6 is 23.4 Å². The van der Waals surface area contributed by atoms with E-state index in [0.29, 0.717) is 17.5 Å². The number of halogens is 2. The van der Waals surface area contributed by atoms with E-state index in [-0.39, 0.29) is 28.8 Å². The highest BCUT2D eigenvalue weighted by Crippen LogP contribution is 2.30. The molecule has 0 spiro atoms. The molecule has 5 rings (SSSR count). The Hall–Kier alpha value is -3.69. The van der Waals surface area contributed by atoms with Crippen molar-refractivity contribution in [2.45, 2.75) is 38.4 Å². The van der Waals surface area contributed by atoms with Gasteiger partial charge in [0.25, 0.3) is 5.91 Å². The molecule has 0 saturated carbocycles. The molecule has 7 nitrogen and oxygen atoms in total. The maximum absolute atomic E-state index is 14.3. The van der Waals surface area contributed by atoms with Crippen molar-refractivity contribution >= 4 is 40.9 Å². The molecule has 4 aromatic rings. The Labute approximate surface area is 235 Å². The van der Waals surface area contributed by atoms with Crippen molar-refractivity contribution in [3.8, 4) is 5.69 Å². The number of thioether (sulfide) groups is 1. The summed E-state index contributed by atoms with van der Waals surface area (Å²) in [5, 5.41) is 12.0. The van der Waals surface area contributed by atoms with Gasteiger partial charge in [-0.3, -0.25) is 14.2 Å². The van der Waals surface area contributed by atoms with Crippen LogP contribution in [0.5, 0.6) is 0 Å². The average molecular weight is 564 g/mol. The van der Waals surface area contributed by atoms with Crippen LogP contribution in [0, 0.1) is 19.7 Å². The lowest BCUT2D eigenvalue weighted by Crippen LogP contribution is -2.36. The van der Waals surface area contributed by atoms with Gasteiger partial charge in [0.15, 0.2) is 11.0 Å². The third-order valence-corrected chi connectivity index (χ3v) is 7.87. The predicted molar refractivity (Wildman–Crippen MR) is 151 cm³/mol. The molecule has 0 aliphatic carbocycles. The Morgan fingerprint density at radius 1 is 1.05 bits per heavy atom. The number of rotatable bonds is 7. The van der Waals surface area contributed by atoms with Gasteiger partial charge in [0.05, 0.1) is 28.6 Å². The van der Waals surface area contributed by atoms with Gasteiger partial charge in [-0.1, -0.05) is 59.8 Å². The molecule has 0 unspecified atom stereocenters. The number of aromatic nitrogens is 3. The maximum atomic E-state index is 14.3. The molecule has 0 fully saturated rings. The Bertz CT molecular complexity index is 1540. The predicted octanol–water partition coefficient (Wildman–Crippen LogP) is 5.68. The fraction of sp³-hybridized carbons (Fsp3) is 0.241. The van der Waals surface area contributed by atoms with Crippen LogP contribution in [0.2, 0.25) is 5.02 Å². The number of para-hydroxylation sites is 1. The zero-order valence-corrected chi connectivity index (χ0v) is 23.2. The first-order valence-corrected chi connectivity index (χ1v) is 13.9. The highest BCUT2D eigenvalue weighted by molar-refractivity contribution is 7.99. The average Bonchev–Trinajstić information content (AvgIpc) is 3.34. The van der Waals surface area contributed by atoms with Gasteiger partial charge in [0.2, 0.25) is 5.91 Å². The molecule has 1 aliphatic rings. The van der Waals surface area contributed by atoms with Crippen LogP contribution in [-0.4, -0.2) is 38.9 Å². The highest BCUT2D eigenvalue weighted by atomic mass is 35.5. The van der Waals surface area contributed by atoms with E-state index < -0.39 is 11.7 Å². The summed E-state index contributed by atoms with van der Waals surface area (Å²) in [5.41, 5.74) is 4.76. The van der Waals surface area contributed by atoms with Gasteiger partial charge >= 0.3 is 0 Å². The highest BCUT2D eigenvalue weighted by Gasteiger charge is 2.24. The summed E-state index contributed by atoms with van der Waals surface area (Å²) in [6, 6.07) is 18.1. The SMILES string of the molecule is Cc1ccc(C)c(-n2c(CNC(=O)c3c(F)cccc3Cl)nnc2SCC(=O)N2CCCc3ccccc32)c1. The van der Waals surface area contributed by atoms with E-state index in [1.165, 1.54) is 35.5 Å². The summed E-state index contributed by atoms with van der Waals surface area (Å²) in [6.07, 6.45) is 1.88. The van der Waals surface area contributed by atoms with Crippen LogP contribution in [0.3, 0.4) is 0 Å².